The van der Waals surface area contributed by atoms with Crippen LogP contribution in [0.5, 0.6) is 11.5 Å². The van der Waals surface area contributed by atoms with Gasteiger partial charge in [-0.2, -0.15) is 0 Å². The fourth-order valence-electron chi connectivity index (χ4n) is 3.50. The van der Waals surface area contributed by atoms with Gasteiger partial charge in [0.15, 0.2) is 17.5 Å². The first-order valence-electron chi connectivity index (χ1n) is 10.7. The number of pyridine rings is 1. The van der Waals surface area contributed by atoms with Crippen LogP contribution in [0.3, 0.4) is 0 Å². The van der Waals surface area contributed by atoms with Gasteiger partial charge < -0.3 is 25.0 Å². The number of hydrogen-bond acceptors (Lipinski definition) is 5. The number of para-hydroxylation sites is 2. The molecule has 0 amide bonds. The maximum atomic E-state index is 6.02. The third-order valence-corrected chi connectivity index (χ3v) is 5.06. The Bertz CT molecular complexity index is 791. The molecule has 2 N–H and O–H groups in total. The third kappa shape index (κ3) is 6.27. The van der Waals surface area contributed by atoms with Crippen molar-refractivity contribution < 1.29 is 9.47 Å². The Morgan fingerprint density at radius 2 is 1.90 bits per heavy atom. The van der Waals surface area contributed by atoms with Gasteiger partial charge in [0.2, 0.25) is 0 Å². The minimum Gasteiger partial charge on any atom is -0.493 e. The summed E-state index contributed by atoms with van der Waals surface area (Å²) in [7, 11) is 1.65. The van der Waals surface area contributed by atoms with Gasteiger partial charge >= 0.3 is 0 Å². The second-order valence-electron chi connectivity index (χ2n) is 7.39. The molecule has 162 valence electrons. The summed E-state index contributed by atoms with van der Waals surface area (Å²) >= 11 is 0. The number of ether oxygens (including phenoxy) is 2. The molecule has 0 bridgehead atoms. The molecular weight excluding hydrogens is 378 g/mol. The smallest absolute Gasteiger partial charge is 0.191 e. The number of methoxy groups -OCH3 is 1. The molecule has 0 aliphatic carbocycles. The number of aliphatic imine (C=N–C) groups is 1. The minimum atomic E-state index is -0.0669. The van der Waals surface area contributed by atoms with E-state index in [1.54, 1.807) is 7.11 Å². The van der Waals surface area contributed by atoms with E-state index in [0.29, 0.717) is 12.6 Å². The number of nitrogens with one attached hydrogen (secondary N) is 2. The number of piperidine rings is 1. The minimum absolute atomic E-state index is 0.0669. The van der Waals surface area contributed by atoms with Gasteiger partial charge in [0, 0.05) is 31.9 Å². The molecule has 7 heteroatoms. The number of benzene rings is 1. The number of nitrogens with zero attached hydrogens (tertiary/aromatic N) is 3. The van der Waals surface area contributed by atoms with Crippen LogP contribution in [0.25, 0.3) is 0 Å². The second-order valence-corrected chi connectivity index (χ2v) is 7.39. The first-order chi connectivity index (χ1) is 14.7. The molecule has 30 heavy (non-hydrogen) atoms. The van der Waals surface area contributed by atoms with Crippen molar-refractivity contribution in [3.63, 3.8) is 0 Å². The SMILES string of the molecule is CCNC(=NCC(C)Oc1ccccc1OC)NC1CCN(c2ccccn2)CC1. The monoisotopic (exact) mass is 411 g/mol. The summed E-state index contributed by atoms with van der Waals surface area (Å²) in [6, 6.07) is 14.1. The fraction of sp³-hybridized carbons (Fsp3) is 0.478. The predicted molar refractivity (Wildman–Crippen MR) is 122 cm³/mol. The lowest BCUT2D eigenvalue weighted by atomic mass is 10.1. The summed E-state index contributed by atoms with van der Waals surface area (Å²) in [6.45, 7) is 7.45. The number of aromatic nitrogens is 1. The molecule has 1 aliphatic heterocycles. The van der Waals surface area contributed by atoms with E-state index in [1.807, 2.05) is 49.5 Å². The van der Waals surface area contributed by atoms with E-state index in [1.165, 1.54) is 0 Å². The summed E-state index contributed by atoms with van der Waals surface area (Å²) < 4.78 is 11.4. The summed E-state index contributed by atoms with van der Waals surface area (Å²) in [6.07, 6.45) is 3.88. The van der Waals surface area contributed by atoms with Crippen molar-refractivity contribution >= 4 is 11.8 Å². The van der Waals surface area contributed by atoms with E-state index < -0.39 is 0 Å². The van der Waals surface area contributed by atoms with Crippen LogP contribution in [0, 0.1) is 0 Å². The number of anilines is 1. The first kappa shape index (κ1) is 21.7. The van der Waals surface area contributed by atoms with E-state index in [4.69, 9.17) is 14.5 Å². The highest BCUT2D eigenvalue weighted by Gasteiger charge is 2.21. The Balaban J connectivity index is 1.51. The van der Waals surface area contributed by atoms with Crippen molar-refractivity contribution in [2.24, 2.45) is 4.99 Å². The van der Waals surface area contributed by atoms with Crippen LogP contribution in [-0.2, 0) is 0 Å². The highest BCUT2D eigenvalue weighted by atomic mass is 16.5. The van der Waals surface area contributed by atoms with Crippen LogP contribution in [0.1, 0.15) is 26.7 Å². The van der Waals surface area contributed by atoms with E-state index in [0.717, 1.165) is 55.8 Å². The summed E-state index contributed by atoms with van der Waals surface area (Å²) in [5.41, 5.74) is 0. The summed E-state index contributed by atoms with van der Waals surface area (Å²) in [5, 5.41) is 6.93. The molecule has 1 atom stereocenters. The van der Waals surface area contributed by atoms with Crippen molar-refractivity contribution in [2.45, 2.75) is 38.8 Å². The molecule has 1 unspecified atom stereocenters. The van der Waals surface area contributed by atoms with Gasteiger partial charge in [-0.05, 0) is 51.0 Å². The Labute approximate surface area is 179 Å². The third-order valence-electron chi connectivity index (χ3n) is 5.06. The molecule has 1 saturated heterocycles. The van der Waals surface area contributed by atoms with Crippen LogP contribution >= 0.6 is 0 Å². The van der Waals surface area contributed by atoms with Crippen molar-refractivity contribution in [3.8, 4) is 11.5 Å². The molecular formula is C23H33N5O2. The quantitative estimate of drug-likeness (QED) is 0.514. The van der Waals surface area contributed by atoms with Crippen LogP contribution in [0.15, 0.2) is 53.7 Å². The Morgan fingerprint density at radius 3 is 2.57 bits per heavy atom. The first-order valence-corrected chi connectivity index (χ1v) is 10.7. The molecule has 7 nitrogen and oxygen atoms in total. The second kappa shape index (κ2) is 11.3. The van der Waals surface area contributed by atoms with Gasteiger partial charge in [-0.15, -0.1) is 0 Å². The lowest BCUT2D eigenvalue weighted by Crippen LogP contribution is -2.49. The molecule has 0 radical (unpaired) electrons. The molecule has 0 saturated carbocycles. The molecule has 1 aromatic carbocycles. The van der Waals surface area contributed by atoms with Crippen LogP contribution in [0.4, 0.5) is 5.82 Å². The normalized spacial score (nSPS) is 16.1. The highest BCUT2D eigenvalue weighted by molar-refractivity contribution is 5.80. The average molecular weight is 412 g/mol. The number of guanidine groups is 1. The summed E-state index contributed by atoms with van der Waals surface area (Å²) in [5.74, 6) is 3.36. The van der Waals surface area contributed by atoms with Crippen LogP contribution < -0.4 is 25.0 Å². The molecule has 0 spiro atoms. The molecule has 1 aliphatic rings. The van der Waals surface area contributed by atoms with E-state index >= 15 is 0 Å². The maximum absolute atomic E-state index is 6.02. The van der Waals surface area contributed by atoms with Gasteiger partial charge in [-0.25, -0.2) is 9.98 Å². The highest BCUT2D eigenvalue weighted by Crippen LogP contribution is 2.26. The number of hydrogen-bond donors (Lipinski definition) is 2. The van der Waals surface area contributed by atoms with Gasteiger partial charge in [0.05, 0.1) is 13.7 Å². The van der Waals surface area contributed by atoms with Crippen LogP contribution in [-0.4, -0.2) is 56.4 Å². The Hall–Kier alpha value is -2.96. The molecule has 1 fully saturated rings. The molecule has 3 rings (SSSR count). The average Bonchev–Trinajstić information content (AvgIpc) is 2.79. The topological polar surface area (TPSA) is 71.0 Å². The summed E-state index contributed by atoms with van der Waals surface area (Å²) in [4.78, 5) is 11.5. The predicted octanol–water partition coefficient (Wildman–Crippen LogP) is 3.08. The van der Waals surface area contributed by atoms with Gasteiger partial charge in [0.25, 0.3) is 0 Å². The largest absolute Gasteiger partial charge is 0.493 e. The van der Waals surface area contributed by atoms with Crippen LogP contribution in [0.2, 0.25) is 0 Å². The Morgan fingerprint density at radius 1 is 1.17 bits per heavy atom. The van der Waals surface area contributed by atoms with Crippen molar-refractivity contribution in [2.75, 3.05) is 38.2 Å². The van der Waals surface area contributed by atoms with E-state index in [2.05, 4.69) is 33.5 Å². The lowest BCUT2D eigenvalue weighted by Gasteiger charge is -2.33. The molecule has 2 heterocycles. The van der Waals surface area contributed by atoms with Gasteiger partial charge in [-0.3, -0.25) is 0 Å². The van der Waals surface area contributed by atoms with E-state index in [-0.39, 0.29) is 6.10 Å². The zero-order valence-electron chi connectivity index (χ0n) is 18.2. The van der Waals surface area contributed by atoms with Crippen molar-refractivity contribution in [1.82, 2.24) is 15.6 Å². The molecule has 2 aromatic rings. The van der Waals surface area contributed by atoms with Gasteiger partial charge in [0.1, 0.15) is 11.9 Å². The Kier molecular flexibility index (Phi) is 8.18. The van der Waals surface area contributed by atoms with Crippen molar-refractivity contribution in [1.29, 1.82) is 0 Å². The zero-order valence-corrected chi connectivity index (χ0v) is 18.2. The molecule has 1 aromatic heterocycles. The standard InChI is InChI=1S/C23H33N5O2/c1-4-24-23(26-17-18(2)30-21-10-6-5-9-20(21)29-3)27-19-12-15-28(16-13-19)22-11-7-8-14-25-22/h5-11,14,18-19H,4,12-13,15-17H2,1-3H3,(H2,24,26,27). The lowest BCUT2D eigenvalue weighted by molar-refractivity contribution is 0.219. The number of rotatable bonds is 8. The van der Waals surface area contributed by atoms with Gasteiger partial charge in [-0.1, -0.05) is 18.2 Å². The zero-order chi connectivity index (χ0) is 21.2. The fourth-order valence-corrected chi connectivity index (χ4v) is 3.50. The van der Waals surface area contributed by atoms with E-state index in [9.17, 15) is 0 Å². The maximum Gasteiger partial charge on any atom is 0.191 e. The van der Waals surface area contributed by atoms with Crippen molar-refractivity contribution in [3.05, 3.63) is 48.7 Å².